The van der Waals surface area contributed by atoms with Gasteiger partial charge in [0.25, 0.3) is 15.9 Å². The first-order valence-corrected chi connectivity index (χ1v) is 16.7. The van der Waals surface area contributed by atoms with E-state index in [-0.39, 0.29) is 59.7 Å². The second-order valence-corrected chi connectivity index (χ2v) is 12.1. The van der Waals surface area contributed by atoms with Gasteiger partial charge in [-0.15, -0.1) is 5.10 Å². The monoisotopic (exact) mass is 726 g/mol. The van der Waals surface area contributed by atoms with Crippen LogP contribution in [0, 0.1) is 0 Å². The molecule has 0 spiro atoms. The maximum absolute atomic E-state index is 13.6. The van der Waals surface area contributed by atoms with Crippen LogP contribution in [0.1, 0.15) is 0 Å². The molecule has 0 saturated heterocycles. The van der Waals surface area contributed by atoms with Crippen LogP contribution >= 0.6 is 0 Å². The Balaban J connectivity index is 1.22. The molecule has 264 valence electrons. The van der Waals surface area contributed by atoms with E-state index < -0.39 is 16.1 Å². The average Bonchev–Trinajstić information content (AvgIpc) is 3.88. The van der Waals surface area contributed by atoms with Crippen LogP contribution < -0.4 is 33.7 Å². The van der Waals surface area contributed by atoms with Crippen molar-refractivity contribution in [3.05, 3.63) is 85.3 Å². The molecule has 0 saturated carbocycles. The van der Waals surface area contributed by atoms with Crippen molar-refractivity contribution in [2.24, 2.45) is 0 Å². The zero-order chi connectivity index (χ0) is 35.9. The van der Waals surface area contributed by atoms with Crippen LogP contribution in [0.5, 0.6) is 34.6 Å². The molecule has 0 unspecified atom stereocenters. The molecule has 52 heavy (non-hydrogen) atoms. The Labute approximate surface area is 294 Å². The molecule has 4 aromatic heterocycles. The van der Waals surface area contributed by atoms with E-state index in [0.29, 0.717) is 34.2 Å². The topological polar surface area (TPSA) is 237 Å². The number of carbonyl (C=O) groups is 1. The van der Waals surface area contributed by atoms with E-state index in [1.165, 1.54) is 37.8 Å². The fourth-order valence-electron chi connectivity index (χ4n) is 4.69. The van der Waals surface area contributed by atoms with Gasteiger partial charge in [-0.25, -0.2) is 23.3 Å². The summed E-state index contributed by atoms with van der Waals surface area (Å²) in [4.78, 5) is 29.8. The number of carbonyl (C=O) groups excluding carboxylic acids is 1. The van der Waals surface area contributed by atoms with E-state index in [1.807, 2.05) is 0 Å². The van der Waals surface area contributed by atoms with Crippen molar-refractivity contribution in [3.63, 3.8) is 0 Å². The van der Waals surface area contributed by atoms with E-state index in [0.717, 1.165) is 0 Å². The van der Waals surface area contributed by atoms with Gasteiger partial charge in [0.1, 0.15) is 23.8 Å². The van der Waals surface area contributed by atoms with Crippen LogP contribution in [-0.4, -0.2) is 82.2 Å². The summed E-state index contributed by atoms with van der Waals surface area (Å²) in [7, 11) is -2.83. The zero-order valence-corrected chi connectivity index (χ0v) is 27.7. The van der Waals surface area contributed by atoms with Crippen LogP contribution in [0.4, 0.5) is 16.3 Å². The largest absolute Gasteiger partial charge is 0.493 e. The van der Waals surface area contributed by atoms with Gasteiger partial charge in [-0.2, -0.15) is 4.98 Å². The predicted octanol–water partition coefficient (Wildman–Crippen LogP) is 4.07. The van der Waals surface area contributed by atoms with Crippen LogP contribution in [0.3, 0.4) is 0 Å². The quantitative estimate of drug-likeness (QED) is 0.142. The van der Waals surface area contributed by atoms with Gasteiger partial charge in [0, 0.05) is 35.9 Å². The number of sulfonamides is 1. The van der Waals surface area contributed by atoms with E-state index in [4.69, 9.17) is 28.4 Å². The van der Waals surface area contributed by atoms with Gasteiger partial charge in [-0.1, -0.05) is 12.1 Å². The minimum Gasteiger partial charge on any atom is -0.493 e. The third-order valence-corrected chi connectivity index (χ3v) is 8.40. The summed E-state index contributed by atoms with van der Waals surface area (Å²) < 4.78 is 63.3. The molecule has 5 heterocycles. The third-order valence-electron chi connectivity index (χ3n) is 7.07. The van der Waals surface area contributed by atoms with Gasteiger partial charge < -0.3 is 28.4 Å². The Morgan fingerprint density at radius 2 is 1.83 bits per heavy atom. The Bertz CT molecular complexity index is 2310. The second kappa shape index (κ2) is 14.8. The van der Waals surface area contributed by atoms with Crippen molar-refractivity contribution in [1.82, 2.24) is 40.6 Å². The number of nitrogens with one attached hydrogen (secondary N) is 3. The minimum absolute atomic E-state index is 0.00357. The number of anilines is 2. The fraction of sp³-hybridized carbons (Fsp3) is 0.125. The number of amides is 1. The number of tetrazole rings is 1. The maximum Gasteiger partial charge on any atom is 0.411 e. The highest BCUT2D eigenvalue weighted by molar-refractivity contribution is 7.92. The molecule has 0 bridgehead atoms. The average molecular weight is 727 g/mol. The number of fused-ring (bicyclic) bond motifs is 1. The zero-order valence-electron chi connectivity index (χ0n) is 26.9. The summed E-state index contributed by atoms with van der Waals surface area (Å²) in [5.41, 5.74) is 1.16. The summed E-state index contributed by atoms with van der Waals surface area (Å²) in [5, 5.41) is 16.3. The number of methoxy groups -OCH3 is 1. The number of benzene rings is 2. The molecule has 2 aromatic carbocycles. The van der Waals surface area contributed by atoms with Crippen molar-refractivity contribution >= 4 is 27.6 Å². The van der Waals surface area contributed by atoms with Crippen LogP contribution in [-0.2, 0) is 14.8 Å². The molecule has 19 nitrogen and oxygen atoms in total. The van der Waals surface area contributed by atoms with E-state index in [2.05, 4.69) is 50.6 Å². The van der Waals surface area contributed by atoms with E-state index in [9.17, 15) is 13.2 Å². The van der Waals surface area contributed by atoms with Crippen molar-refractivity contribution in [2.75, 3.05) is 37.2 Å². The lowest BCUT2D eigenvalue weighted by atomic mass is 10.2. The number of pyridine rings is 2. The van der Waals surface area contributed by atoms with E-state index >= 15 is 0 Å². The van der Waals surface area contributed by atoms with Gasteiger partial charge in [-0.3, -0.25) is 20.0 Å². The highest BCUT2D eigenvalue weighted by Crippen LogP contribution is 2.42. The van der Waals surface area contributed by atoms with Gasteiger partial charge in [0.05, 0.1) is 7.11 Å². The van der Waals surface area contributed by atoms with Gasteiger partial charge in [-0.05, 0) is 59.0 Å². The van der Waals surface area contributed by atoms with Crippen LogP contribution in [0.25, 0.3) is 22.9 Å². The van der Waals surface area contributed by atoms with Crippen LogP contribution in [0.2, 0.25) is 0 Å². The maximum atomic E-state index is 13.6. The lowest BCUT2D eigenvalue weighted by molar-refractivity contribution is 0.135. The molecular weight excluding hydrogens is 700 g/mol. The highest BCUT2D eigenvalue weighted by Gasteiger charge is 2.26. The second-order valence-electron chi connectivity index (χ2n) is 10.4. The van der Waals surface area contributed by atoms with Crippen molar-refractivity contribution in [1.29, 1.82) is 0 Å². The molecule has 0 radical (unpaired) electrons. The number of hydrogen-bond acceptors (Lipinski definition) is 16. The molecule has 0 atom stereocenters. The number of ether oxygens (including phenoxy) is 6. The smallest absolute Gasteiger partial charge is 0.411 e. The molecule has 20 heteroatoms. The summed E-state index contributed by atoms with van der Waals surface area (Å²) in [6.07, 6.45) is 3.32. The molecule has 7 rings (SSSR count). The number of aromatic nitrogens is 8. The molecule has 0 aliphatic carbocycles. The fourth-order valence-corrected chi connectivity index (χ4v) is 5.66. The van der Waals surface area contributed by atoms with Crippen molar-refractivity contribution in [2.45, 2.75) is 4.90 Å². The molecule has 6 aromatic rings. The standard InChI is InChI=1S/C32H26N10O9S/c1-46-23-6-2-3-7-25(23)51-27-30(40-52(44,45)21-5-4-11-33-17-21)36-28(19-10-12-34-22(15-19)29-38-41-42-39-29)37-31(27)47-13-14-48-32(43)35-20-8-9-24-26(16-20)50-18-49-24/h2-12,15-17H,13-14,18H2,1H3,(H,35,43)(H,36,37,40)(H,38,39,41,42). The number of rotatable bonds is 13. The molecule has 3 N–H and O–H groups in total. The lowest BCUT2D eigenvalue weighted by Gasteiger charge is -2.18. The number of aromatic amines is 1. The van der Waals surface area contributed by atoms with Crippen LogP contribution in [0.15, 0.2) is 90.2 Å². The summed E-state index contributed by atoms with van der Waals surface area (Å²) in [6.45, 7) is -0.409. The lowest BCUT2D eigenvalue weighted by Crippen LogP contribution is -2.19. The third kappa shape index (κ3) is 7.55. The van der Waals surface area contributed by atoms with Crippen molar-refractivity contribution in [3.8, 4) is 57.5 Å². The predicted molar refractivity (Wildman–Crippen MR) is 180 cm³/mol. The molecule has 0 fully saturated rings. The number of nitrogens with zero attached hydrogens (tertiary/aromatic N) is 7. The summed E-state index contributed by atoms with van der Waals surface area (Å²) in [5.74, 6) is 1.10. The first kappa shape index (κ1) is 33.4. The number of hydrogen-bond donors (Lipinski definition) is 3. The Morgan fingerprint density at radius 3 is 2.63 bits per heavy atom. The molecule has 1 amide bonds. The normalized spacial score (nSPS) is 11.8. The first-order chi connectivity index (χ1) is 25.4. The number of H-pyrrole nitrogens is 1. The molecule has 1 aliphatic heterocycles. The first-order valence-electron chi connectivity index (χ1n) is 15.2. The summed E-state index contributed by atoms with van der Waals surface area (Å²) >= 11 is 0. The SMILES string of the molecule is COc1ccccc1Oc1c(NS(=O)(=O)c2cccnc2)nc(-c2ccnc(-c3nnn[nH]3)c2)nc1OCCOC(=O)Nc1ccc2c(c1)OCO2. The van der Waals surface area contributed by atoms with Gasteiger partial charge in [0.2, 0.25) is 12.5 Å². The Hall–Kier alpha value is -7.09. The molecule has 1 aliphatic rings. The van der Waals surface area contributed by atoms with E-state index in [1.54, 1.807) is 54.6 Å². The Morgan fingerprint density at radius 1 is 0.962 bits per heavy atom. The summed E-state index contributed by atoms with van der Waals surface area (Å²) in [6, 6.07) is 17.6. The minimum atomic E-state index is -4.28. The molecular formula is C32H26N10O9S. The van der Waals surface area contributed by atoms with Gasteiger partial charge in [0.15, 0.2) is 40.5 Å². The van der Waals surface area contributed by atoms with Crippen molar-refractivity contribution < 1.29 is 41.6 Å². The number of para-hydroxylation sites is 2. The highest BCUT2D eigenvalue weighted by atomic mass is 32.2. The van der Waals surface area contributed by atoms with Gasteiger partial charge >= 0.3 is 6.09 Å². The Kier molecular flexibility index (Phi) is 9.51.